The van der Waals surface area contributed by atoms with E-state index in [1.54, 1.807) is 0 Å². The van der Waals surface area contributed by atoms with E-state index in [2.05, 4.69) is 5.32 Å². The molecule has 3 fully saturated rings. The second-order valence-corrected chi connectivity index (χ2v) is 7.14. The zero-order valence-electron chi connectivity index (χ0n) is 14.3. The van der Waals surface area contributed by atoms with Crippen LogP contribution >= 0.6 is 12.4 Å². The first-order chi connectivity index (χ1) is 11.1. The molecule has 1 aliphatic carbocycles. The number of likely N-dealkylation sites (tertiary alicyclic amines) is 2. The highest BCUT2D eigenvalue weighted by Crippen LogP contribution is 2.37. The highest BCUT2D eigenvalue weighted by molar-refractivity contribution is 6.07. The number of fused-ring (bicyclic) bond motifs is 1. The fourth-order valence-electron chi connectivity index (χ4n) is 4.30. The molecule has 2 atom stereocenters. The summed E-state index contributed by atoms with van der Waals surface area (Å²) in [6, 6.07) is 0. The first-order valence-electron chi connectivity index (χ1n) is 8.89. The zero-order chi connectivity index (χ0) is 16.4. The predicted molar refractivity (Wildman–Crippen MR) is 92.6 cm³/mol. The van der Waals surface area contributed by atoms with Crippen molar-refractivity contribution in [2.24, 2.45) is 17.8 Å². The van der Waals surface area contributed by atoms with Crippen LogP contribution in [-0.2, 0) is 14.4 Å². The second-order valence-electron chi connectivity index (χ2n) is 7.14. The van der Waals surface area contributed by atoms with Gasteiger partial charge in [-0.3, -0.25) is 19.3 Å². The van der Waals surface area contributed by atoms with Gasteiger partial charge in [-0.1, -0.05) is 12.8 Å². The molecule has 0 aromatic carbocycles. The smallest absolute Gasteiger partial charge is 0.242 e. The quantitative estimate of drug-likeness (QED) is 0.763. The monoisotopic (exact) mass is 357 g/mol. The van der Waals surface area contributed by atoms with Crippen molar-refractivity contribution in [2.75, 3.05) is 33.2 Å². The van der Waals surface area contributed by atoms with E-state index in [1.165, 1.54) is 4.90 Å². The molecule has 1 saturated carbocycles. The first-order valence-corrected chi connectivity index (χ1v) is 8.89. The molecule has 0 aromatic rings. The molecular formula is C17H28ClN3O3. The summed E-state index contributed by atoms with van der Waals surface area (Å²) in [4.78, 5) is 40.4. The van der Waals surface area contributed by atoms with Gasteiger partial charge in [0.1, 0.15) is 6.54 Å². The second kappa shape index (κ2) is 8.30. The van der Waals surface area contributed by atoms with Crippen LogP contribution in [0.4, 0.5) is 0 Å². The molecule has 6 nitrogen and oxygen atoms in total. The lowest BCUT2D eigenvalue weighted by molar-refractivity contribution is -0.147. The van der Waals surface area contributed by atoms with Crippen LogP contribution in [0.2, 0.25) is 0 Å². The van der Waals surface area contributed by atoms with E-state index >= 15 is 0 Å². The van der Waals surface area contributed by atoms with E-state index < -0.39 is 0 Å². The van der Waals surface area contributed by atoms with E-state index in [0.717, 1.165) is 58.2 Å². The number of amides is 3. The Balaban J connectivity index is 0.00000208. The van der Waals surface area contributed by atoms with E-state index in [1.807, 2.05) is 11.9 Å². The molecule has 0 radical (unpaired) electrons. The van der Waals surface area contributed by atoms with Gasteiger partial charge in [0.15, 0.2) is 0 Å². The van der Waals surface area contributed by atoms with Crippen molar-refractivity contribution in [1.82, 2.24) is 15.1 Å². The number of nitrogens with zero attached hydrogens (tertiary/aromatic N) is 2. The van der Waals surface area contributed by atoms with Crippen molar-refractivity contribution in [3.63, 3.8) is 0 Å². The minimum atomic E-state index is -0.162. The van der Waals surface area contributed by atoms with Gasteiger partial charge in [-0.15, -0.1) is 12.4 Å². The molecule has 1 N–H and O–H groups in total. The van der Waals surface area contributed by atoms with Gasteiger partial charge in [0.2, 0.25) is 17.7 Å². The van der Waals surface area contributed by atoms with Crippen molar-refractivity contribution >= 4 is 30.1 Å². The molecule has 0 spiro atoms. The minimum absolute atomic E-state index is 0. The van der Waals surface area contributed by atoms with E-state index in [9.17, 15) is 14.4 Å². The lowest BCUT2D eigenvalue weighted by Crippen LogP contribution is -2.46. The summed E-state index contributed by atoms with van der Waals surface area (Å²) in [5, 5.41) is 3.18. The third-order valence-corrected chi connectivity index (χ3v) is 5.69. The molecule has 2 unspecified atom stereocenters. The van der Waals surface area contributed by atoms with Crippen LogP contribution in [0.1, 0.15) is 38.5 Å². The number of carbonyl (C=O) groups excluding carboxylic acids is 3. The van der Waals surface area contributed by atoms with Gasteiger partial charge < -0.3 is 10.2 Å². The summed E-state index contributed by atoms with van der Waals surface area (Å²) in [6.07, 6.45) is 5.60. The van der Waals surface area contributed by atoms with Crippen molar-refractivity contribution in [3.05, 3.63) is 0 Å². The number of rotatable bonds is 4. The summed E-state index contributed by atoms with van der Waals surface area (Å²) in [5.41, 5.74) is 0. The Hall–Kier alpha value is -1.14. The van der Waals surface area contributed by atoms with Gasteiger partial charge >= 0.3 is 0 Å². The minimum Gasteiger partial charge on any atom is -0.341 e. The molecule has 24 heavy (non-hydrogen) atoms. The standard InChI is InChI=1S/C17H27N3O3.ClH/c1-18-10-12-6-8-19(9-7-12)15(21)11-20-16(22)13-4-2-3-5-14(13)17(20)23;/h12-14,18H,2-11H2,1H3;1H. The Morgan fingerprint density at radius 3 is 2.08 bits per heavy atom. The van der Waals surface area contributed by atoms with E-state index in [4.69, 9.17) is 0 Å². The van der Waals surface area contributed by atoms with Gasteiger partial charge in [0.05, 0.1) is 11.8 Å². The number of hydrogen-bond acceptors (Lipinski definition) is 4. The number of halogens is 1. The van der Waals surface area contributed by atoms with Crippen molar-refractivity contribution < 1.29 is 14.4 Å². The van der Waals surface area contributed by atoms with Gasteiger partial charge in [-0.25, -0.2) is 0 Å². The van der Waals surface area contributed by atoms with Gasteiger partial charge in [-0.2, -0.15) is 0 Å². The third kappa shape index (κ3) is 3.75. The third-order valence-electron chi connectivity index (χ3n) is 5.69. The molecule has 2 heterocycles. The van der Waals surface area contributed by atoms with Gasteiger partial charge in [-0.05, 0) is 45.2 Å². The predicted octanol–water partition coefficient (Wildman–Crippen LogP) is 1.04. The molecule has 7 heteroatoms. The van der Waals surface area contributed by atoms with Crippen molar-refractivity contribution in [2.45, 2.75) is 38.5 Å². The number of nitrogens with one attached hydrogen (secondary N) is 1. The largest absolute Gasteiger partial charge is 0.341 e. The van der Waals surface area contributed by atoms with Gasteiger partial charge in [0, 0.05) is 13.1 Å². The summed E-state index contributed by atoms with van der Waals surface area (Å²) in [7, 11) is 1.95. The Kier molecular flexibility index (Phi) is 6.63. The van der Waals surface area contributed by atoms with Crippen LogP contribution in [0.15, 0.2) is 0 Å². The fourth-order valence-corrected chi connectivity index (χ4v) is 4.30. The lowest BCUT2D eigenvalue weighted by atomic mass is 9.81. The summed E-state index contributed by atoms with van der Waals surface area (Å²) < 4.78 is 0. The molecule has 2 saturated heterocycles. The van der Waals surface area contributed by atoms with Crippen molar-refractivity contribution in [3.8, 4) is 0 Å². The zero-order valence-corrected chi connectivity index (χ0v) is 15.1. The molecule has 2 aliphatic heterocycles. The molecular weight excluding hydrogens is 330 g/mol. The molecule has 3 aliphatic rings. The normalized spacial score (nSPS) is 27.9. The van der Waals surface area contributed by atoms with Crippen LogP contribution in [0.3, 0.4) is 0 Å². The number of imide groups is 1. The van der Waals surface area contributed by atoms with Crippen LogP contribution in [-0.4, -0.2) is 60.7 Å². The lowest BCUT2D eigenvalue weighted by Gasteiger charge is -2.32. The SMILES string of the molecule is CNCC1CCN(C(=O)CN2C(=O)C3CCCCC3C2=O)CC1.Cl. The number of carbonyl (C=O) groups is 3. The Bertz CT molecular complexity index is 467. The maximum Gasteiger partial charge on any atom is 0.242 e. The average molecular weight is 358 g/mol. The van der Waals surface area contributed by atoms with Crippen LogP contribution in [0.25, 0.3) is 0 Å². The molecule has 0 aromatic heterocycles. The Morgan fingerprint density at radius 1 is 1.04 bits per heavy atom. The first kappa shape index (κ1) is 19.2. The molecule has 0 bridgehead atoms. The Morgan fingerprint density at radius 2 is 1.58 bits per heavy atom. The summed E-state index contributed by atoms with van der Waals surface area (Å²) in [6.45, 7) is 2.39. The van der Waals surface area contributed by atoms with Gasteiger partial charge in [0.25, 0.3) is 0 Å². The summed E-state index contributed by atoms with van der Waals surface area (Å²) >= 11 is 0. The van der Waals surface area contributed by atoms with Crippen LogP contribution < -0.4 is 5.32 Å². The average Bonchev–Trinajstić information content (AvgIpc) is 2.81. The maximum absolute atomic E-state index is 12.5. The Labute approximate surface area is 149 Å². The topological polar surface area (TPSA) is 69.7 Å². The van der Waals surface area contributed by atoms with E-state index in [0.29, 0.717) is 5.92 Å². The van der Waals surface area contributed by atoms with Crippen LogP contribution in [0, 0.1) is 17.8 Å². The molecule has 136 valence electrons. The van der Waals surface area contributed by atoms with Crippen molar-refractivity contribution in [1.29, 1.82) is 0 Å². The highest BCUT2D eigenvalue weighted by atomic mass is 35.5. The fraction of sp³-hybridized carbons (Fsp3) is 0.824. The van der Waals surface area contributed by atoms with E-state index in [-0.39, 0.29) is 48.5 Å². The molecule has 3 rings (SSSR count). The number of piperidine rings is 1. The van der Waals surface area contributed by atoms with Crippen LogP contribution in [0.5, 0.6) is 0 Å². The maximum atomic E-state index is 12.5. The highest BCUT2D eigenvalue weighted by Gasteiger charge is 2.48. The number of hydrogen-bond donors (Lipinski definition) is 1. The summed E-state index contributed by atoms with van der Waals surface area (Å²) in [5.74, 6) is -0.0118. The molecule has 3 amide bonds.